The van der Waals surface area contributed by atoms with Gasteiger partial charge in [-0.15, -0.1) is 0 Å². The summed E-state index contributed by atoms with van der Waals surface area (Å²) in [7, 11) is 0. The Morgan fingerprint density at radius 1 is 0.656 bits per heavy atom. The molecule has 4 aromatic rings. The molecule has 0 radical (unpaired) electrons. The molecule has 4 N–H and O–H groups in total. The number of hydrogen-bond donors (Lipinski definition) is 2. The van der Waals surface area contributed by atoms with Gasteiger partial charge in [-0.3, -0.25) is 0 Å². The molecule has 0 aliphatic rings. The molecular formula is C22H20Br2N8. The van der Waals surface area contributed by atoms with Gasteiger partial charge in [-0.2, -0.15) is 0 Å². The van der Waals surface area contributed by atoms with Crippen LogP contribution in [-0.2, 0) is 5.54 Å². The van der Waals surface area contributed by atoms with E-state index in [1.165, 1.54) is 0 Å². The largest absolute Gasteiger partial charge is 0.330 e. The highest BCUT2D eigenvalue weighted by Crippen LogP contribution is 2.31. The second-order valence-corrected chi connectivity index (χ2v) is 8.52. The Bertz CT molecular complexity index is 1120. The summed E-state index contributed by atoms with van der Waals surface area (Å²) in [6, 6.07) is 19.3. The predicted molar refractivity (Wildman–Crippen MR) is 129 cm³/mol. The lowest BCUT2D eigenvalue weighted by molar-refractivity contribution is 0.420. The van der Waals surface area contributed by atoms with Gasteiger partial charge in [-0.05, 0) is 51.2 Å². The molecule has 0 amide bonds. The van der Waals surface area contributed by atoms with Crippen LogP contribution in [-0.4, -0.2) is 36.4 Å². The SMILES string of the molecule is NCCCC(N)(c1nc(Br)nc(-c2ccccc2)n1)c1nc(Br)nc(-c2ccccc2)n1. The Kier molecular flexibility index (Phi) is 6.95. The second-order valence-electron chi connectivity index (χ2n) is 7.10. The minimum Gasteiger partial charge on any atom is -0.330 e. The van der Waals surface area contributed by atoms with Crippen molar-refractivity contribution in [3.05, 3.63) is 81.8 Å². The van der Waals surface area contributed by atoms with E-state index >= 15 is 0 Å². The van der Waals surface area contributed by atoms with Gasteiger partial charge in [-0.1, -0.05) is 60.7 Å². The van der Waals surface area contributed by atoms with Crippen molar-refractivity contribution >= 4 is 31.9 Å². The van der Waals surface area contributed by atoms with Gasteiger partial charge in [0.1, 0.15) is 5.54 Å². The molecule has 2 heterocycles. The first kappa shape index (κ1) is 22.5. The van der Waals surface area contributed by atoms with Crippen LogP contribution >= 0.6 is 31.9 Å². The van der Waals surface area contributed by atoms with Crippen molar-refractivity contribution in [3.8, 4) is 22.8 Å². The third-order valence-corrected chi connectivity index (χ3v) is 5.56. The fraction of sp³-hybridized carbons (Fsp3) is 0.182. The molecule has 0 aliphatic heterocycles. The molecule has 32 heavy (non-hydrogen) atoms. The molecule has 2 aromatic carbocycles. The number of aromatic nitrogens is 6. The number of halogens is 2. The number of benzene rings is 2. The van der Waals surface area contributed by atoms with Crippen LogP contribution in [0.5, 0.6) is 0 Å². The zero-order chi connectivity index (χ0) is 22.6. The average Bonchev–Trinajstić information content (AvgIpc) is 2.83. The molecule has 0 saturated carbocycles. The summed E-state index contributed by atoms with van der Waals surface area (Å²) in [5.74, 6) is 1.70. The highest BCUT2D eigenvalue weighted by molar-refractivity contribution is 9.10. The summed E-state index contributed by atoms with van der Waals surface area (Å²) >= 11 is 6.81. The maximum Gasteiger partial charge on any atom is 0.200 e. The topological polar surface area (TPSA) is 129 Å². The molecule has 2 aromatic heterocycles. The van der Waals surface area contributed by atoms with Gasteiger partial charge in [-0.25, -0.2) is 29.9 Å². The molecule has 0 fully saturated rings. The molecule has 0 atom stereocenters. The average molecular weight is 556 g/mol. The molecule has 10 heteroatoms. The van der Waals surface area contributed by atoms with E-state index in [0.29, 0.717) is 52.2 Å². The third kappa shape index (κ3) is 4.88. The zero-order valence-electron chi connectivity index (χ0n) is 17.0. The molecule has 0 unspecified atom stereocenters. The first-order valence-electron chi connectivity index (χ1n) is 9.93. The fourth-order valence-electron chi connectivity index (χ4n) is 3.24. The Morgan fingerprint density at radius 3 is 1.50 bits per heavy atom. The van der Waals surface area contributed by atoms with Crippen LogP contribution in [0.15, 0.2) is 70.1 Å². The van der Waals surface area contributed by atoms with Gasteiger partial charge in [0, 0.05) is 11.1 Å². The van der Waals surface area contributed by atoms with Crippen LogP contribution in [0.1, 0.15) is 24.5 Å². The van der Waals surface area contributed by atoms with Crippen LogP contribution in [0.25, 0.3) is 22.8 Å². The lowest BCUT2D eigenvalue weighted by Crippen LogP contribution is -2.42. The highest BCUT2D eigenvalue weighted by Gasteiger charge is 2.37. The third-order valence-electron chi connectivity index (χ3n) is 4.85. The first-order valence-corrected chi connectivity index (χ1v) is 11.5. The number of nitrogens with zero attached hydrogens (tertiary/aromatic N) is 6. The van der Waals surface area contributed by atoms with Crippen molar-refractivity contribution in [3.63, 3.8) is 0 Å². The van der Waals surface area contributed by atoms with Crippen molar-refractivity contribution in [2.24, 2.45) is 11.5 Å². The normalized spacial score (nSPS) is 11.5. The number of rotatable bonds is 7. The predicted octanol–water partition coefficient (Wildman–Crippen LogP) is 3.86. The summed E-state index contributed by atoms with van der Waals surface area (Å²) in [5, 5.41) is 0. The minimum absolute atomic E-state index is 0.351. The second kappa shape index (κ2) is 9.86. The molecule has 4 rings (SSSR count). The Morgan fingerprint density at radius 2 is 1.09 bits per heavy atom. The van der Waals surface area contributed by atoms with E-state index in [1.54, 1.807) is 0 Å². The molecular weight excluding hydrogens is 536 g/mol. The fourth-order valence-corrected chi connectivity index (χ4v) is 3.91. The van der Waals surface area contributed by atoms with Gasteiger partial charge < -0.3 is 11.5 Å². The summed E-state index contributed by atoms with van der Waals surface area (Å²) in [4.78, 5) is 27.3. The van der Waals surface area contributed by atoms with Crippen molar-refractivity contribution in [1.29, 1.82) is 0 Å². The van der Waals surface area contributed by atoms with Gasteiger partial charge >= 0.3 is 0 Å². The van der Waals surface area contributed by atoms with E-state index in [2.05, 4.69) is 51.8 Å². The Balaban J connectivity index is 1.87. The molecule has 0 spiro atoms. The van der Waals surface area contributed by atoms with E-state index in [9.17, 15) is 0 Å². The van der Waals surface area contributed by atoms with E-state index in [1.807, 2.05) is 60.7 Å². The van der Waals surface area contributed by atoms with Crippen LogP contribution in [0, 0.1) is 0 Å². The molecule has 0 bridgehead atoms. The minimum atomic E-state index is -1.21. The quantitative estimate of drug-likeness (QED) is 0.351. The monoisotopic (exact) mass is 554 g/mol. The Labute approximate surface area is 202 Å². The summed E-state index contributed by atoms with van der Waals surface area (Å²) < 4.78 is 0.751. The van der Waals surface area contributed by atoms with Crippen molar-refractivity contribution in [2.45, 2.75) is 18.4 Å². The maximum atomic E-state index is 6.96. The van der Waals surface area contributed by atoms with E-state index in [-0.39, 0.29) is 0 Å². The number of hydrogen-bond acceptors (Lipinski definition) is 8. The smallest absolute Gasteiger partial charge is 0.200 e. The van der Waals surface area contributed by atoms with Gasteiger partial charge in [0.25, 0.3) is 0 Å². The maximum absolute atomic E-state index is 6.96. The van der Waals surface area contributed by atoms with E-state index < -0.39 is 5.54 Å². The van der Waals surface area contributed by atoms with Crippen molar-refractivity contribution in [1.82, 2.24) is 29.9 Å². The van der Waals surface area contributed by atoms with Gasteiger partial charge in [0.2, 0.25) is 0 Å². The molecule has 162 valence electrons. The van der Waals surface area contributed by atoms with Crippen molar-refractivity contribution in [2.75, 3.05) is 6.54 Å². The summed E-state index contributed by atoms with van der Waals surface area (Å²) in [6.07, 6.45) is 1.07. The molecule has 0 aliphatic carbocycles. The standard InChI is InChI=1S/C22H20Br2N8/c23-20-29-16(14-8-3-1-4-9-14)27-18(31-20)22(26,12-7-13-25)19-28-17(30-21(24)32-19)15-10-5-2-6-11-15/h1-6,8-11H,7,12-13,25-26H2. The van der Waals surface area contributed by atoms with E-state index in [4.69, 9.17) is 21.4 Å². The van der Waals surface area contributed by atoms with Crippen LogP contribution in [0.4, 0.5) is 0 Å². The molecule has 0 saturated heterocycles. The highest BCUT2D eigenvalue weighted by atomic mass is 79.9. The van der Waals surface area contributed by atoms with Crippen LogP contribution < -0.4 is 11.5 Å². The van der Waals surface area contributed by atoms with Gasteiger partial charge in [0.05, 0.1) is 0 Å². The summed E-state index contributed by atoms with van der Waals surface area (Å²) in [6.45, 7) is 0.453. The molecule has 8 nitrogen and oxygen atoms in total. The number of nitrogens with two attached hydrogens (primary N) is 2. The van der Waals surface area contributed by atoms with Gasteiger partial charge in [0.15, 0.2) is 32.8 Å². The lowest BCUT2D eigenvalue weighted by atomic mass is 9.92. The van der Waals surface area contributed by atoms with E-state index in [0.717, 1.165) is 11.1 Å². The first-order chi connectivity index (χ1) is 15.5. The zero-order valence-corrected chi connectivity index (χ0v) is 20.2. The summed E-state index contributed by atoms with van der Waals surface area (Å²) in [5.41, 5.74) is 13.3. The van der Waals surface area contributed by atoms with Crippen LogP contribution in [0.3, 0.4) is 0 Å². The van der Waals surface area contributed by atoms with Crippen molar-refractivity contribution < 1.29 is 0 Å². The lowest BCUT2D eigenvalue weighted by Gasteiger charge is -2.27. The van der Waals surface area contributed by atoms with Crippen LogP contribution in [0.2, 0.25) is 0 Å². The Hall–Kier alpha value is -2.66.